The fourth-order valence-electron chi connectivity index (χ4n) is 2.18. The minimum Gasteiger partial charge on any atom is -0.484 e. The van der Waals surface area contributed by atoms with Crippen LogP contribution in [0.1, 0.15) is 0 Å². The van der Waals surface area contributed by atoms with Crippen LogP contribution in [-0.2, 0) is 19.6 Å². The van der Waals surface area contributed by atoms with Gasteiger partial charge in [0.1, 0.15) is 12.3 Å². The fraction of sp³-hybridized carbons (Fsp3) is 0.467. The smallest absolute Gasteiger partial charge is 0.405 e. The van der Waals surface area contributed by atoms with Crippen LogP contribution in [0.3, 0.4) is 0 Å². The van der Waals surface area contributed by atoms with Crippen LogP contribution in [0.2, 0.25) is 0 Å². The number of alkyl halides is 3. The Balaban J connectivity index is 1.84. The van der Waals surface area contributed by atoms with Gasteiger partial charge in [0, 0.05) is 13.1 Å². The molecule has 1 aromatic rings. The highest BCUT2D eigenvalue weighted by atomic mass is 32.2. The second-order valence-corrected chi connectivity index (χ2v) is 7.56. The van der Waals surface area contributed by atoms with Gasteiger partial charge in [-0.1, -0.05) is 0 Å². The quantitative estimate of drug-likeness (QED) is 0.685. The number of nitrogens with zero attached hydrogens (tertiary/aromatic N) is 1. The molecule has 3 amide bonds. The van der Waals surface area contributed by atoms with Crippen molar-refractivity contribution in [3.05, 3.63) is 24.3 Å². The van der Waals surface area contributed by atoms with Crippen molar-refractivity contribution in [2.75, 3.05) is 39.5 Å². The molecular formula is C15H18F3N3O6S. The molecule has 0 atom stereocenters. The van der Waals surface area contributed by atoms with E-state index < -0.39 is 41.3 Å². The van der Waals surface area contributed by atoms with E-state index in [0.717, 1.165) is 0 Å². The number of carbonyl (C=O) groups excluding carboxylic acids is 2. The zero-order valence-electron chi connectivity index (χ0n) is 14.5. The Hall–Kier alpha value is -2.38. The maximum absolute atomic E-state index is 12.5. The predicted octanol–water partition coefficient (Wildman–Crippen LogP) is 0.474. The van der Waals surface area contributed by atoms with E-state index in [1.165, 1.54) is 33.9 Å². The molecule has 0 radical (unpaired) electrons. The third-order valence-electron chi connectivity index (χ3n) is 3.50. The number of morpholine rings is 1. The number of hydrogen-bond acceptors (Lipinski definition) is 6. The van der Waals surface area contributed by atoms with Crippen LogP contribution in [0.25, 0.3) is 0 Å². The molecule has 1 aliphatic heterocycles. The summed E-state index contributed by atoms with van der Waals surface area (Å²) in [5, 5.41) is 3.15. The Labute approximate surface area is 158 Å². The van der Waals surface area contributed by atoms with E-state index in [1.807, 2.05) is 0 Å². The Morgan fingerprint density at radius 2 is 1.75 bits per heavy atom. The zero-order valence-corrected chi connectivity index (χ0v) is 15.3. The van der Waals surface area contributed by atoms with Crippen molar-refractivity contribution in [2.45, 2.75) is 11.1 Å². The van der Waals surface area contributed by atoms with Crippen molar-refractivity contribution < 1.29 is 40.7 Å². The summed E-state index contributed by atoms with van der Waals surface area (Å²) in [4.78, 5) is 22.7. The molecule has 0 saturated carbocycles. The lowest BCUT2D eigenvalue weighted by molar-refractivity contribution is -0.125. The maximum Gasteiger partial charge on any atom is 0.405 e. The number of rotatable bonds is 6. The predicted molar refractivity (Wildman–Crippen MR) is 89.1 cm³/mol. The van der Waals surface area contributed by atoms with Crippen molar-refractivity contribution in [1.29, 1.82) is 0 Å². The lowest BCUT2D eigenvalue weighted by atomic mass is 10.3. The standard InChI is InChI=1S/C15H18F3N3O6S/c16-15(17,18)10-19-14(23)20-13(22)9-27-11-1-3-12(4-2-11)28(24,25)21-5-7-26-8-6-21/h1-4H,5-10H2,(H2,19,20,22,23). The van der Waals surface area contributed by atoms with E-state index >= 15 is 0 Å². The molecule has 9 nitrogen and oxygen atoms in total. The Morgan fingerprint density at radius 3 is 2.32 bits per heavy atom. The van der Waals surface area contributed by atoms with Crippen LogP contribution in [0, 0.1) is 0 Å². The van der Waals surface area contributed by atoms with Crippen molar-refractivity contribution in [3.8, 4) is 5.75 Å². The second kappa shape index (κ2) is 9.21. The highest BCUT2D eigenvalue weighted by Gasteiger charge is 2.28. The Bertz CT molecular complexity index is 792. The van der Waals surface area contributed by atoms with Crippen LogP contribution >= 0.6 is 0 Å². The van der Waals surface area contributed by atoms with Crippen LogP contribution in [-0.4, -0.2) is 70.3 Å². The summed E-state index contributed by atoms with van der Waals surface area (Å²) in [7, 11) is -3.67. The first-order valence-electron chi connectivity index (χ1n) is 8.03. The molecule has 13 heteroatoms. The first kappa shape index (κ1) is 21.9. The van der Waals surface area contributed by atoms with E-state index in [0.29, 0.717) is 13.2 Å². The maximum atomic E-state index is 12.5. The van der Waals surface area contributed by atoms with E-state index in [4.69, 9.17) is 9.47 Å². The van der Waals surface area contributed by atoms with Crippen LogP contribution in [0.5, 0.6) is 5.75 Å². The largest absolute Gasteiger partial charge is 0.484 e. The van der Waals surface area contributed by atoms with Gasteiger partial charge in [-0.3, -0.25) is 10.1 Å². The fourth-order valence-corrected chi connectivity index (χ4v) is 3.59. The van der Waals surface area contributed by atoms with Gasteiger partial charge in [0.25, 0.3) is 5.91 Å². The molecule has 1 aliphatic rings. The number of hydrogen-bond donors (Lipinski definition) is 2. The lowest BCUT2D eigenvalue weighted by Gasteiger charge is -2.26. The molecule has 28 heavy (non-hydrogen) atoms. The minimum absolute atomic E-state index is 0.0396. The first-order valence-corrected chi connectivity index (χ1v) is 9.47. The summed E-state index contributed by atoms with van der Waals surface area (Å²) in [6, 6.07) is 3.94. The average molecular weight is 425 g/mol. The third-order valence-corrected chi connectivity index (χ3v) is 5.42. The lowest BCUT2D eigenvalue weighted by Crippen LogP contribution is -2.44. The van der Waals surface area contributed by atoms with Gasteiger partial charge in [-0.15, -0.1) is 0 Å². The number of ether oxygens (including phenoxy) is 2. The number of amides is 3. The summed E-state index contributed by atoms with van der Waals surface area (Å²) < 4.78 is 72.3. The molecule has 1 fully saturated rings. The molecule has 2 N–H and O–H groups in total. The van der Waals surface area contributed by atoms with Gasteiger partial charge in [-0.2, -0.15) is 17.5 Å². The summed E-state index contributed by atoms with van der Waals surface area (Å²) in [5.41, 5.74) is 0. The summed E-state index contributed by atoms with van der Waals surface area (Å²) >= 11 is 0. The van der Waals surface area contributed by atoms with Gasteiger partial charge >= 0.3 is 12.2 Å². The van der Waals surface area contributed by atoms with E-state index in [9.17, 15) is 31.2 Å². The topological polar surface area (TPSA) is 114 Å². The van der Waals surface area contributed by atoms with E-state index in [2.05, 4.69) is 0 Å². The van der Waals surface area contributed by atoms with Crippen molar-refractivity contribution in [2.24, 2.45) is 0 Å². The van der Waals surface area contributed by atoms with Crippen molar-refractivity contribution >= 4 is 22.0 Å². The highest BCUT2D eigenvalue weighted by Crippen LogP contribution is 2.20. The number of urea groups is 1. The molecule has 156 valence electrons. The number of sulfonamides is 1. The van der Waals surface area contributed by atoms with Crippen molar-refractivity contribution in [1.82, 2.24) is 14.9 Å². The number of nitrogens with one attached hydrogen (secondary N) is 2. The molecular weight excluding hydrogens is 407 g/mol. The third kappa shape index (κ3) is 6.65. The second-order valence-electron chi connectivity index (χ2n) is 5.62. The van der Waals surface area contributed by atoms with Gasteiger partial charge < -0.3 is 14.8 Å². The first-order chi connectivity index (χ1) is 13.1. The molecule has 0 unspecified atom stereocenters. The van der Waals surface area contributed by atoms with E-state index in [-0.39, 0.29) is 23.7 Å². The molecule has 0 bridgehead atoms. The molecule has 0 spiro atoms. The number of carbonyl (C=O) groups is 2. The molecule has 0 aromatic heterocycles. The Kier molecular flexibility index (Phi) is 7.21. The summed E-state index contributed by atoms with van der Waals surface area (Å²) in [5.74, 6) is -0.823. The van der Waals surface area contributed by atoms with Gasteiger partial charge in [-0.05, 0) is 24.3 Å². The summed E-state index contributed by atoms with van der Waals surface area (Å²) in [6.45, 7) is -1.10. The SMILES string of the molecule is O=C(COc1ccc(S(=O)(=O)N2CCOCC2)cc1)NC(=O)NCC(F)(F)F. The van der Waals surface area contributed by atoms with Gasteiger partial charge in [0.2, 0.25) is 10.0 Å². The van der Waals surface area contributed by atoms with Gasteiger partial charge in [0.15, 0.2) is 6.61 Å². The van der Waals surface area contributed by atoms with E-state index in [1.54, 1.807) is 5.32 Å². The minimum atomic E-state index is -4.60. The average Bonchev–Trinajstić information content (AvgIpc) is 2.65. The van der Waals surface area contributed by atoms with Crippen LogP contribution in [0.4, 0.5) is 18.0 Å². The monoisotopic (exact) mass is 425 g/mol. The molecule has 1 aromatic carbocycles. The number of imide groups is 1. The number of benzene rings is 1. The molecule has 1 saturated heterocycles. The highest BCUT2D eigenvalue weighted by molar-refractivity contribution is 7.89. The molecule has 0 aliphatic carbocycles. The molecule has 2 rings (SSSR count). The van der Waals surface area contributed by atoms with Crippen LogP contribution in [0.15, 0.2) is 29.2 Å². The van der Waals surface area contributed by atoms with Gasteiger partial charge in [0.05, 0.1) is 18.1 Å². The van der Waals surface area contributed by atoms with Crippen LogP contribution < -0.4 is 15.4 Å². The van der Waals surface area contributed by atoms with Crippen molar-refractivity contribution in [3.63, 3.8) is 0 Å². The number of halogens is 3. The normalized spacial score (nSPS) is 15.7. The molecule has 1 heterocycles. The van der Waals surface area contributed by atoms with Gasteiger partial charge in [-0.25, -0.2) is 13.2 Å². The zero-order chi connectivity index (χ0) is 20.8. The Morgan fingerprint density at radius 1 is 1.14 bits per heavy atom. The summed E-state index contributed by atoms with van der Waals surface area (Å²) in [6.07, 6.45) is -4.60.